The van der Waals surface area contributed by atoms with Crippen molar-refractivity contribution in [2.75, 3.05) is 30.3 Å². The van der Waals surface area contributed by atoms with Gasteiger partial charge in [0, 0.05) is 31.4 Å². The molecule has 1 fully saturated rings. The number of carbonyl (C=O) groups is 2. The van der Waals surface area contributed by atoms with Crippen LogP contribution in [0.3, 0.4) is 0 Å². The van der Waals surface area contributed by atoms with E-state index in [4.69, 9.17) is 0 Å². The molecular formula is C19H23FN6O2. The second-order valence-electron chi connectivity index (χ2n) is 6.44. The van der Waals surface area contributed by atoms with Crippen LogP contribution in [0, 0.1) is 5.82 Å². The SMILES string of the molecule is C=CCNC(=O)N1CCC(n2nccc2NC(=O)Nc2cccc(F)c2)CC1. The third-order valence-corrected chi connectivity index (χ3v) is 4.49. The molecule has 0 spiro atoms. The molecule has 28 heavy (non-hydrogen) atoms. The highest BCUT2D eigenvalue weighted by Gasteiger charge is 2.25. The lowest BCUT2D eigenvalue weighted by atomic mass is 10.1. The van der Waals surface area contributed by atoms with E-state index in [9.17, 15) is 14.0 Å². The quantitative estimate of drug-likeness (QED) is 0.689. The number of amides is 4. The van der Waals surface area contributed by atoms with Gasteiger partial charge >= 0.3 is 12.1 Å². The lowest BCUT2D eigenvalue weighted by Crippen LogP contribution is -2.45. The third-order valence-electron chi connectivity index (χ3n) is 4.49. The summed E-state index contributed by atoms with van der Waals surface area (Å²) < 4.78 is 15.0. The minimum absolute atomic E-state index is 0.0722. The van der Waals surface area contributed by atoms with Crippen LogP contribution in [-0.2, 0) is 0 Å². The number of aromatic nitrogens is 2. The van der Waals surface area contributed by atoms with Crippen molar-refractivity contribution >= 4 is 23.6 Å². The monoisotopic (exact) mass is 386 g/mol. The highest BCUT2D eigenvalue weighted by atomic mass is 19.1. The van der Waals surface area contributed by atoms with E-state index in [1.54, 1.807) is 34.0 Å². The van der Waals surface area contributed by atoms with E-state index in [2.05, 4.69) is 27.6 Å². The lowest BCUT2D eigenvalue weighted by Gasteiger charge is -2.32. The molecule has 4 amide bonds. The molecule has 3 rings (SSSR count). The number of urea groups is 2. The summed E-state index contributed by atoms with van der Waals surface area (Å²) in [5, 5.41) is 12.4. The largest absolute Gasteiger partial charge is 0.335 e. The Morgan fingerprint density at radius 3 is 2.75 bits per heavy atom. The third kappa shape index (κ3) is 4.87. The Balaban J connectivity index is 1.56. The van der Waals surface area contributed by atoms with Crippen molar-refractivity contribution < 1.29 is 14.0 Å². The summed E-state index contributed by atoms with van der Waals surface area (Å²) in [6, 6.07) is 6.87. The minimum atomic E-state index is -0.478. The van der Waals surface area contributed by atoms with Crippen LogP contribution in [-0.4, -0.2) is 46.4 Å². The van der Waals surface area contributed by atoms with Crippen molar-refractivity contribution in [2.45, 2.75) is 18.9 Å². The Morgan fingerprint density at radius 2 is 2.04 bits per heavy atom. The maximum absolute atomic E-state index is 13.2. The van der Waals surface area contributed by atoms with Crippen LogP contribution in [0.25, 0.3) is 0 Å². The van der Waals surface area contributed by atoms with Crippen LogP contribution in [0.1, 0.15) is 18.9 Å². The highest BCUT2D eigenvalue weighted by molar-refractivity contribution is 5.99. The van der Waals surface area contributed by atoms with Crippen molar-refractivity contribution in [1.29, 1.82) is 0 Å². The number of carbonyl (C=O) groups excluding carboxylic acids is 2. The van der Waals surface area contributed by atoms with Gasteiger partial charge in [0.15, 0.2) is 0 Å². The zero-order valence-corrected chi connectivity index (χ0v) is 15.4. The van der Waals surface area contributed by atoms with E-state index >= 15 is 0 Å². The van der Waals surface area contributed by atoms with Crippen molar-refractivity contribution in [3.05, 3.63) is 55.0 Å². The molecule has 0 radical (unpaired) electrons. The Hall–Kier alpha value is -3.36. The van der Waals surface area contributed by atoms with Crippen molar-refractivity contribution in [3.63, 3.8) is 0 Å². The molecule has 0 bridgehead atoms. The fourth-order valence-electron chi connectivity index (χ4n) is 3.13. The van der Waals surface area contributed by atoms with Gasteiger partial charge in [0.1, 0.15) is 11.6 Å². The summed E-state index contributed by atoms with van der Waals surface area (Å²) in [4.78, 5) is 26.0. The first-order chi connectivity index (χ1) is 13.6. The number of hydrogen-bond acceptors (Lipinski definition) is 3. The summed E-state index contributed by atoms with van der Waals surface area (Å²) >= 11 is 0. The molecule has 1 aromatic heterocycles. The molecule has 3 N–H and O–H groups in total. The molecule has 0 aliphatic carbocycles. The number of rotatable bonds is 5. The Kier molecular flexibility index (Phi) is 6.25. The molecule has 2 aromatic rings. The number of hydrogen-bond donors (Lipinski definition) is 3. The zero-order valence-electron chi connectivity index (χ0n) is 15.4. The van der Waals surface area contributed by atoms with Crippen LogP contribution in [0.5, 0.6) is 0 Å². The van der Waals surface area contributed by atoms with Gasteiger partial charge in [0.05, 0.1) is 12.2 Å². The van der Waals surface area contributed by atoms with E-state index in [0.29, 0.717) is 31.1 Å². The Labute approximate surface area is 162 Å². The average Bonchev–Trinajstić information content (AvgIpc) is 3.14. The smallest absolute Gasteiger partial charge is 0.324 e. The van der Waals surface area contributed by atoms with Gasteiger partial charge in [-0.1, -0.05) is 12.1 Å². The van der Waals surface area contributed by atoms with Crippen molar-refractivity contribution in [1.82, 2.24) is 20.0 Å². The first-order valence-electron chi connectivity index (χ1n) is 9.07. The first kappa shape index (κ1) is 19.4. The minimum Gasteiger partial charge on any atom is -0.335 e. The summed E-state index contributed by atoms with van der Waals surface area (Å²) in [5.74, 6) is 0.121. The van der Waals surface area contributed by atoms with Crippen LogP contribution in [0.2, 0.25) is 0 Å². The molecule has 0 atom stereocenters. The highest BCUT2D eigenvalue weighted by Crippen LogP contribution is 2.25. The van der Waals surface area contributed by atoms with E-state index in [1.165, 1.54) is 18.2 Å². The number of piperidine rings is 1. The molecule has 1 aliphatic heterocycles. The van der Waals surface area contributed by atoms with Gasteiger partial charge in [-0.15, -0.1) is 6.58 Å². The normalized spacial score (nSPS) is 14.4. The number of nitrogens with one attached hydrogen (secondary N) is 3. The van der Waals surface area contributed by atoms with Gasteiger partial charge in [-0.2, -0.15) is 5.10 Å². The topological polar surface area (TPSA) is 91.3 Å². The molecule has 9 heteroatoms. The molecule has 8 nitrogen and oxygen atoms in total. The standard InChI is InChI=1S/C19H23FN6O2/c1-2-9-21-19(28)25-11-7-16(8-12-25)26-17(6-10-22-26)24-18(27)23-15-5-3-4-14(20)13-15/h2-6,10,13,16H,1,7-9,11-12H2,(H,21,28)(H2,23,24,27). The average molecular weight is 386 g/mol. The number of likely N-dealkylation sites (tertiary alicyclic amines) is 1. The summed E-state index contributed by atoms with van der Waals surface area (Å²) in [6.07, 6.45) is 4.70. The van der Waals surface area contributed by atoms with Crippen LogP contribution < -0.4 is 16.0 Å². The van der Waals surface area contributed by atoms with Gasteiger partial charge < -0.3 is 15.5 Å². The summed E-state index contributed by atoms with van der Waals surface area (Å²) in [6.45, 7) is 5.22. The van der Waals surface area contributed by atoms with Crippen LogP contribution in [0.15, 0.2) is 49.2 Å². The first-order valence-corrected chi connectivity index (χ1v) is 9.07. The number of halogens is 1. The molecule has 1 aliphatic rings. The van der Waals surface area contributed by atoms with Gasteiger partial charge in [-0.25, -0.2) is 18.7 Å². The van der Waals surface area contributed by atoms with Gasteiger partial charge in [-0.05, 0) is 31.0 Å². The molecule has 0 saturated carbocycles. The van der Waals surface area contributed by atoms with E-state index in [-0.39, 0.29) is 12.1 Å². The predicted molar refractivity (Wildman–Crippen MR) is 105 cm³/mol. The zero-order chi connectivity index (χ0) is 19.9. The van der Waals surface area contributed by atoms with Crippen molar-refractivity contribution in [2.24, 2.45) is 0 Å². The van der Waals surface area contributed by atoms with E-state index < -0.39 is 11.8 Å². The molecule has 0 unspecified atom stereocenters. The maximum Gasteiger partial charge on any atom is 0.324 e. The maximum atomic E-state index is 13.2. The fourth-order valence-corrected chi connectivity index (χ4v) is 3.13. The number of benzene rings is 1. The molecule has 148 valence electrons. The Morgan fingerprint density at radius 1 is 1.25 bits per heavy atom. The lowest BCUT2D eigenvalue weighted by molar-refractivity contribution is 0.170. The summed E-state index contributed by atoms with van der Waals surface area (Å²) in [5.41, 5.74) is 0.363. The number of anilines is 2. The van der Waals surface area contributed by atoms with Gasteiger partial charge in [-0.3, -0.25) is 5.32 Å². The van der Waals surface area contributed by atoms with Gasteiger partial charge in [0.25, 0.3) is 0 Å². The summed E-state index contributed by atoms with van der Waals surface area (Å²) in [7, 11) is 0. The van der Waals surface area contributed by atoms with Crippen LogP contribution in [0.4, 0.5) is 25.5 Å². The van der Waals surface area contributed by atoms with E-state index in [1.807, 2.05) is 0 Å². The van der Waals surface area contributed by atoms with E-state index in [0.717, 1.165) is 12.8 Å². The number of nitrogens with zero attached hydrogens (tertiary/aromatic N) is 3. The molecule has 1 saturated heterocycles. The second kappa shape index (κ2) is 9.03. The molecule has 2 heterocycles. The molecule has 1 aromatic carbocycles. The predicted octanol–water partition coefficient (Wildman–Crippen LogP) is 3.20. The molecular weight excluding hydrogens is 363 g/mol. The Bertz CT molecular complexity index is 844. The second-order valence-corrected chi connectivity index (χ2v) is 6.44. The van der Waals surface area contributed by atoms with Crippen LogP contribution >= 0.6 is 0 Å². The van der Waals surface area contributed by atoms with Gasteiger partial charge in [0.2, 0.25) is 0 Å². The van der Waals surface area contributed by atoms with Crippen molar-refractivity contribution in [3.8, 4) is 0 Å². The fraction of sp³-hybridized carbons (Fsp3) is 0.316.